The number of fused-ring (bicyclic) bond motifs is 1. The number of hydrogen-bond donors (Lipinski definition) is 2. The smallest absolute Gasteiger partial charge is 0.319 e. The van der Waals surface area contributed by atoms with E-state index < -0.39 is 17.9 Å². The molecule has 0 fully saturated rings. The minimum Gasteiger partial charge on any atom is -0.469 e. The van der Waals surface area contributed by atoms with E-state index in [1.165, 1.54) is 24.1 Å². The van der Waals surface area contributed by atoms with Gasteiger partial charge < -0.3 is 20.1 Å². The third kappa shape index (κ3) is 4.57. The molecular weight excluding hydrogens is 342 g/mol. The number of amides is 4. The Morgan fingerprint density at radius 2 is 1.85 bits per heavy atom. The van der Waals surface area contributed by atoms with Gasteiger partial charge in [-0.3, -0.25) is 19.3 Å². The SMILES string of the molecule is COCCCN1C(=O)c2ccc(NC(=O)NCCC(=O)OC)cc2C1=O. The molecule has 0 saturated carbocycles. The van der Waals surface area contributed by atoms with Gasteiger partial charge in [-0.25, -0.2) is 4.79 Å². The maximum Gasteiger partial charge on any atom is 0.319 e. The van der Waals surface area contributed by atoms with Crippen LogP contribution in [-0.4, -0.2) is 62.6 Å². The van der Waals surface area contributed by atoms with Gasteiger partial charge in [-0.15, -0.1) is 0 Å². The molecule has 0 radical (unpaired) electrons. The van der Waals surface area contributed by atoms with Crippen LogP contribution in [0.3, 0.4) is 0 Å². The molecule has 0 saturated heterocycles. The summed E-state index contributed by atoms with van der Waals surface area (Å²) in [7, 11) is 2.82. The van der Waals surface area contributed by atoms with E-state index in [2.05, 4.69) is 15.4 Å². The molecule has 2 N–H and O–H groups in total. The summed E-state index contributed by atoms with van der Waals surface area (Å²) >= 11 is 0. The Morgan fingerprint density at radius 3 is 2.54 bits per heavy atom. The van der Waals surface area contributed by atoms with Crippen LogP contribution in [0.5, 0.6) is 0 Å². The number of methoxy groups -OCH3 is 2. The minimum absolute atomic E-state index is 0.0531. The summed E-state index contributed by atoms with van der Waals surface area (Å²) in [6, 6.07) is 3.99. The Hall–Kier alpha value is -2.94. The van der Waals surface area contributed by atoms with E-state index in [1.54, 1.807) is 13.2 Å². The third-order valence-electron chi connectivity index (χ3n) is 3.80. The molecule has 26 heavy (non-hydrogen) atoms. The molecule has 4 amide bonds. The molecule has 2 rings (SSSR count). The average molecular weight is 363 g/mol. The molecule has 0 unspecified atom stereocenters. The van der Waals surface area contributed by atoms with E-state index in [0.717, 1.165) is 0 Å². The first-order chi connectivity index (χ1) is 12.5. The molecule has 0 atom stereocenters. The van der Waals surface area contributed by atoms with Crippen LogP contribution in [0.25, 0.3) is 0 Å². The molecular formula is C17H21N3O6. The summed E-state index contributed by atoms with van der Waals surface area (Å²) < 4.78 is 9.41. The van der Waals surface area contributed by atoms with Crippen LogP contribution in [0.15, 0.2) is 18.2 Å². The molecule has 1 heterocycles. The minimum atomic E-state index is -0.525. The summed E-state index contributed by atoms with van der Waals surface area (Å²) in [5.74, 6) is -1.17. The van der Waals surface area contributed by atoms with E-state index >= 15 is 0 Å². The van der Waals surface area contributed by atoms with Gasteiger partial charge in [0, 0.05) is 32.5 Å². The summed E-state index contributed by atoms with van der Waals surface area (Å²) in [6.45, 7) is 0.844. The number of nitrogens with one attached hydrogen (secondary N) is 2. The number of anilines is 1. The number of esters is 1. The molecule has 0 bridgehead atoms. The Balaban J connectivity index is 1.97. The lowest BCUT2D eigenvalue weighted by Crippen LogP contribution is -2.31. The monoisotopic (exact) mass is 363 g/mol. The van der Waals surface area contributed by atoms with Crippen LogP contribution >= 0.6 is 0 Å². The molecule has 0 aliphatic carbocycles. The molecule has 1 aromatic rings. The average Bonchev–Trinajstić information content (AvgIpc) is 2.86. The van der Waals surface area contributed by atoms with Gasteiger partial charge in [0.15, 0.2) is 0 Å². The quantitative estimate of drug-likeness (QED) is 0.405. The first kappa shape index (κ1) is 19.4. The van der Waals surface area contributed by atoms with Crippen LogP contribution in [0, 0.1) is 0 Å². The second kappa shape index (κ2) is 8.95. The Morgan fingerprint density at radius 1 is 1.12 bits per heavy atom. The van der Waals surface area contributed by atoms with Gasteiger partial charge in [0.2, 0.25) is 0 Å². The van der Waals surface area contributed by atoms with Crippen molar-refractivity contribution in [3.05, 3.63) is 29.3 Å². The molecule has 1 aliphatic rings. The fourth-order valence-corrected chi connectivity index (χ4v) is 2.49. The zero-order chi connectivity index (χ0) is 19.1. The first-order valence-corrected chi connectivity index (χ1v) is 8.08. The molecule has 140 valence electrons. The highest BCUT2D eigenvalue weighted by atomic mass is 16.5. The first-order valence-electron chi connectivity index (χ1n) is 8.08. The third-order valence-corrected chi connectivity index (χ3v) is 3.80. The second-order valence-corrected chi connectivity index (χ2v) is 5.58. The van der Waals surface area contributed by atoms with Gasteiger partial charge >= 0.3 is 12.0 Å². The number of ether oxygens (including phenoxy) is 2. The lowest BCUT2D eigenvalue weighted by atomic mass is 10.1. The van der Waals surface area contributed by atoms with E-state index in [-0.39, 0.29) is 31.0 Å². The van der Waals surface area contributed by atoms with Gasteiger partial charge in [0.1, 0.15) is 0 Å². The second-order valence-electron chi connectivity index (χ2n) is 5.58. The summed E-state index contributed by atoms with van der Waals surface area (Å²) in [6.07, 6.45) is 0.604. The lowest BCUT2D eigenvalue weighted by Gasteiger charge is -2.12. The summed E-state index contributed by atoms with van der Waals surface area (Å²) in [5.41, 5.74) is 0.933. The van der Waals surface area contributed by atoms with Crippen molar-refractivity contribution in [2.24, 2.45) is 0 Å². The zero-order valence-electron chi connectivity index (χ0n) is 14.7. The number of hydrogen-bond acceptors (Lipinski definition) is 6. The molecule has 1 aliphatic heterocycles. The van der Waals surface area contributed by atoms with E-state index in [0.29, 0.717) is 24.3 Å². The summed E-state index contributed by atoms with van der Waals surface area (Å²) in [5, 5.41) is 5.06. The van der Waals surface area contributed by atoms with Crippen LogP contribution in [0.1, 0.15) is 33.6 Å². The Bertz CT molecular complexity index is 718. The van der Waals surface area contributed by atoms with Crippen molar-refractivity contribution in [3.8, 4) is 0 Å². The molecule has 9 heteroatoms. The van der Waals surface area contributed by atoms with Crippen LogP contribution in [0.4, 0.5) is 10.5 Å². The lowest BCUT2D eigenvalue weighted by molar-refractivity contribution is -0.140. The number of imide groups is 1. The van der Waals surface area contributed by atoms with Gasteiger partial charge in [0.05, 0.1) is 24.7 Å². The van der Waals surface area contributed by atoms with Gasteiger partial charge in [-0.1, -0.05) is 0 Å². The predicted octanol–water partition coefficient (Wildman–Crippen LogP) is 1.00. The van der Waals surface area contributed by atoms with Gasteiger partial charge in [0.25, 0.3) is 11.8 Å². The highest BCUT2D eigenvalue weighted by Gasteiger charge is 2.35. The van der Waals surface area contributed by atoms with Crippen molar-refractivity contribution in [2.75, 3.05) is 39.2 Å². The van der Waals surface area contributed by atoms with E-state index in [1.807, 2.05) is 0 Å². The van der Waals surface area contributed by atoms with E-state index in [9.17, 15) is 19.2 Å². The molecule has 9 nitrogen and oxygen atoms in total. The topological polar surface area (TPSA) is 114 Å². The largest absolute Gasteiger partial charge is 0.469 e. The highest BCUT2D eigenvalue weighted by molar-refractivity contribution is 6.21. The van der Waals surface area contributed by atoms with Crippen LogP contribution < -0.4 is 10.6 Å². The number of nitrogens with zero attached hydrogens (tertiary/aromatic N) is 1. The standard InChI is InChI=1S/C17H21N3O6/c1-25-9-3-8-20-15(22)12-5-4-11(10-13(12)16(20)23)19-17(24)18-7-6-14(21)26-2/h4-5,10H,3,6-9H2,1-2H3,(H2,18,19,24). The molecule has 1 aromatic carbocycles. The molecule has 0 spiro atoms. The van der Waals surface area contributed by atoms with Crippen LogP contribution in [0.2, 0.25) is 0 Å². The van der Waals surface area contributed by atoms with Gasteiger partial charge in [-0.05, 0) is 24.6 Å². The number of rotatable bonds is 8. The van der Waals surface area contributed by atoms with Crippen molar-refractivity contribution in [1.29, 1.82) is 0 Å². The van der Waals surface area contributed by atoms with Crippen molar-refractivity contribution in [1.82, 2.24) is 10.2 Å². The normalized spacial score (nSPS) is 12.8. The van der Waals surface area contributed by atoms with Crippen molar-refractivity contribution in [2.45, 2.75) is 12.8 Å². The van der Waals surface area contributed by atoms with Gasteiger partial charge in [-0.2, -0.15) is 0 Å². The van der Waals surface area contributed by atoms with E-state index in [4.69, 9.17) is 4.74 Å². The Labute approximate surface area is 150 Å². The van der Waals surface area contributed by atoms with Crippen molar-refractivity contribution < 1.29 is 28.7 Å². The zero-order valence-corrected chi connectivity index (χ0v) is 14.7. The van der Waals surface area contributed by atoms with Crippen LogP contribution in [-0.2, 0) is 14.3 Å². The van der Waals surface area contributed by atoms with Crippen molar-refractivity contribution in [3.63, 3.8) is 0 Å². The maximum atomic E-state index is 12.4. The highest BCUT2D eigenvalue weighted by Crippen LogP contribution is 2.26. The number of urea groups is 1. The maximum absolute atomic E-state index is 12.4. The Kier molecular flexibility index (Phi) is 6.67. The number of benzene rings is 1. The summed E-state index contributed by atoms with van der Waals surface area (Å²) in [4.78, 5) is 48.7. The fraction of sp³-hybridized carbons (Fsp3) is 0.412. The number of carbonyl (C=O) groups excluding carboxylic acids is 4. The fourth-order valence-electron chi connectivity index (χ4n) is 2.49. The van der Waals surface area contributed by atoms with Crippen molar-refractivity contribution >= 4 is 29.5 Å². The number of carbonyl (C=O) groups is 4. The predicted molar refractivity (Wildman–Crippen MR) is 92.0 cm³/mol. The molecule has 0 aromatic heterocycles.